The Kier molecular flexibility index (Phi) is 1.66. The lowest BCUT2D eigenvalue weighted by molar-refractivity contribution is -0.130. The zero-order chi connectivity index (χ0) is 27.7. The number of nitrogens with one attached hydrogen (secondary N) is 1. The summed E-state index contributed by atoms with van der Waals surface area (Å²) in [5.74, 6) is -6.00. The highest BCUT2D eigenvalue weighted by atomic mass is 16.2. The van der Waals surface area contributed by atoms with Crippen molar-refractivity contribution >= 4 is 22.8 Å². The SMILES string of the molecule is [2H]C([2H])([2H])N(c1ncnc2[nH]ccc12)[C@H]1C([2H])([2H])N(C(=O)C[N+]#[C-])C([2H])([2H])C([2H])([2H])[C@@]1([2H])C([2H])([2H])[2H]. The smallest absolute Gasteiger partial charge is 0.302 e. The van der Waals surface area contributed by atoms with Crippen molar-refractivity contribution in [2.75, 3.05) is 31.4 Å². The number of nitrogens with zero attached hydrogens (tertiary/aromatic N) is 5. The third kappa shape index (κ3) is 2.84. The van der Waals surface area contributed by atoms with Crippen LogP contribution in [0.25, 0.3) is 15.9 Å². The van der Waals surface area contributed by atoms with E-state index in [0.717, 1.165) is 6.33 Å². The lowest BCUT2D eigenvalue weighted by atomic mass is 9.92. The van der Waals surface area contributed by atoms with Crippen LogP contribution in [0.2, 0.25) is 0 Å². The Morgan fingerprint density at radius 1 is 1.74 bits per heavy atom. The van der Waals surface area contributed by atoms with Gasteiger partial charge in [0.05, 0.1) is 14.2 Å². The van der Waals surface area contributed by atoms with E-state index in [2.05, 4.69) is 19.8 Å². The Hall–Kier alpha value is -2.62. The van der Waals surface area contributed by atoms with Crippen molar-refractivity contribution in [1.29, 1.82) is 0 Å². The molecule has 0 bridgehead atoms. The zero-order valence-corrected chi connectivity index (χ0v) is 11.7. The minimum absolute atomic E-state index is 0.0503. The molecular weight excluding hydrogens is 292 g/mol. The van der Waals surface area contributed by atoms with Gasteiger partial charge in [-0.15, -0.1) is 0 Å². The van der Waals surface area contributed by atoms with E-state index in [-0.39, 0.29) is 20.8 Å². The summed E-state index contributed by atoms with van der Waals surface area (Å²) in [7, 11) is 0. The number of aromatic nitrogens is 3. The van der Waals surface area contributed by atoms with Crippen LogP contribution in [0.1, 0.15) is 31.0 Å². The predicted octanol–water partition coefficient (Wildman–Crippen LogP) is 1.55. The number of likely N-dealkylation sites (N-methyl/N-ethyl adjacent to an activating group) is 1. The Morgan fingerprint density at radius 2 is 2.65 bits per heavy atom. The fourth-order valence-corrected chi connectivity index (χ4v) is 2.04. The number of hydrogen-bond acceptors (Lipinski definition) is 4. The van der Waals surface area contributed by atoms with E-state index >= 15 is 0 Å². The summed E-state index contributed by atoms with van der Waals surface area (Å²) in [5.41, 5.74) is 0.0503. The molecule has 23 heavy (non-hydrogen) atoms. The molecule has 1 aliphatic rings. The van der Waals surface area contributed by atoms with Gasteiger partial charge in [0, 0.05) is 41.2 Å². The van der Waals surface area contributed by atoms with Gasteiger partial charge in [0.1, 0.15) is 17.8 Å². The van der Waals surface area contributed by atoms with Crippen molar-refractivity contribution in [2.45, 2.75) is 19.3 Å². The van der Waals surface area contributed by atoms with Crippen LogP contribution in [-0.2, 0) is 4.79 Å². The van der Waals surface area contributed by atoms with Crippen LogP contribution in [0.5, 0.6) is 0 Å². The first-order chi connectivity index (χ1) is 16.2. The van der Waals surface area contributed by atoms with Gasteiger partial charge in [-0.2, -0.15) is 0 Å². The number of fused-ring (bicyclic) bond motifs is 1. The fourth-order valence-electron chi connectivity index (χ4n) is 2.04. The van der Waals surface area contributed by atoms with Gasteiger partial charge in [-0.05, 0) is 18.3 Å². The number of carbonyl (C=O) groups is 1. The van der Waals surface area contributed by atoms with Crippen molar-refractivity contribution in [2.24, 2.45) is 5.89 Å². The van der Waals surface area contributed by atoms with Crippen molar-refractivity contribution < 1.29 is 22.6 Å². The summed E-state index contributed by atoms with van der Waals surface area (Å²) in [6, 6.07) is -1.59. The van der Waals surface area contributed by atoms with Crippen molar-refractivity contribution in [1.82, 2.24) is 19.9 Å². The summed E-state index contributed by atoms with van der Waals surface area (Å²) >= 11 is 0. The Labute approximate surface area is 153 Å². The number of amides is 1. The number of carbonyl (C=O) groups excluding carboxylic acids is 1. The van der Waals surface area contributed by atoms with E-state index in [0.29, 0.717) is 0 Å². The molecule has 7 heteroatoms. The second-order valence-corrected chi connectivity index (χ2v) is 4.53. The number of hydrogen-bond donors (Lipinski definition) is 1. The van der Waals surface area contributed by atoms with E-state index in [1.165, 1.54) is 12.3 Å². The standard InChI is InChI=1S/C16H20N6O/c1-11-5-7-22(14(23)8-17-2)9-13(11)21(3)16-12-4-6-18-15(12)19-10-20-16/h4,6,10-11,13H,5,7-9H2,1,3H3,(H,18,19,20)/t11-,13+/m1/s1/i1D3,3D3,5D2,7D2,9D2,11D. The third-order valence-electron chi connectivity index (χ3n) is 3.11. The average molecular weight is 325 g/mol. The van der Waals surface area contributed by atoms with Gasteiger partial charge in [0.25, 0.3) is 6.54 Å². The molecule has 0 aromatic carbocycles. The first kappa shape index (κ1) is 6.11. The summed E-state index contributed by atoms with van der Waals surface area (Å²) in [4.78, 5) is 25.8. The van der Waals surface area contributed by atoms with Gasteiger partial charge in [-0.3, -0.25) is 4.79 Å². The Balaban J connectivity index is 2.51. The monoisotopic (exact) mass is 325 g/mol. The van der Waals surface area contributed by atoms with E-state index < -0.39 is 63.4 Å². The second kappa shape index (κ2) is 6.24. The lowest BCUT2D eigenvalue weighted by Gasteiger charge is -2.41. The molecule has 0 spiro atoms. The molecule has 1 saturated heterocycles. The van der Waals surface area contributed by atoms with Gasteiger partial charge in [0.15, 0.2) is 0 Å². The van der Waals surface area contributed by atoms with Crippen molar-refractivity contribution in [3.8, 4) is 0 Å². The molecule has 0 aliphatic carbocycles. The zero-order valence-electron chi connectivity index (χ0n) is 24.7. The van der Waals surface area contributed by atoms with Crippen LogP contribution >= 0.6 is 0 Å². The fraction of sp³-hybridized carbons (Fsp3) is 0.500. The summed E-state index contributed by atoms with van der Waals surface area (Å²) < 4.78 is 108. The molecule has 2 aromatic rings. The Bertz CT molecular complexity index is 1220. The average Bonchev–Trinajstić information content (AvgIpc) is 3.17. The van der Waals surface area contributed by atoms with Gasteiger partial charge >= 0.3 is 5.91 Å². The van der Waals surface area contributed by atoms with E-state index in [1.54, 1.807) is 0 Å². The maximum atomic E-state index is 12.8. The second-order valence-electron chi connectivity index (χ2n) is 4.53. The van der Waals surface area contributed by atoms with Crippen LogP contribution in [0.3, 0.4) is 0 Å². The van der Waals surface area contributed by atoms with Gasteiger partial charge < -0.3 is 19.6 Å². The Morgan fingerprint density at radius 3 is 3.43 bits per heavy atom. The van der Waals surface area contributed by atoms with E-state index in [1.807, 2.05) is 0 Å². The lowest BCUT2D eigenvalue weighted by Crippen LogP contribution is -2.53. The molecule has 3 rings (SSSR count). The molecule has 2 atom stereocenters. The van der Waals surface area contributed by atoms with Crippen LogP contribution < -0.4 is 4.90 Å². The van der Waals surface area contributed by atoms with Crippen LogP contribution in [0.4, 0.5) is 5.82 Å². The molecule has 1 amide bonds. The van der Waals surface area contributed by atoms with Gasteiger partial charge in [-0.25, -0.2) is 16.5 Å². The third-order valence-corrected chi connectivity index (χ3v) is 3.11. The highest BCUT2D eigenvalue weighted by Gasteiger charge is 2.33. The van der Waals surface area contributed by atoms with Gasteiger partial charge in [-0.1, -0.05) is 6.85 Å². The minimum atomic E-state index is -3.90. The topological polar surface area (TPSA) is 69.5 Å². The van der Waals surface area contributed by atoms with Gasteiger partial charge in [0.2, 0.25) is 0 Å². The quantitative estimate of drug-likeness (QED) is 0.869. The molecule has 1 N–H and O–H groups in total. The molecule has 0 saturated carbocycles. The molecule has 1 aliphatic heterocycles. The number of H-pyrrole nitrogens is 1. The van der Waals surface area contributed by atoms with E-state index in [4.69, 9.17) is 24.4 Å². The molecule has 7 nitrogen and oxygen atoms in total. The van der Waals surface area contributed by atoms with E-state index in [9.17, 15) is 4.79 Å². The first-order valence-electron chi connectivity index (χ1n) is 12.9. The predicted molar refractivity (Wildman–Crippen MR) is 87.9 cm³/mol. The number of aromatic amines is 1. The highest BCUT2D eigenvalue weighted by Crippen LogP contribution is 2.28. The summed E-state index contributed by atoms with van der Waals surface area (Å²) in [5, 5.41) is -0.0505. The number of anilines is 1. The molecule has 0 unspecified atom stereocenters. The highest BCUT2D eigenvalue weighted by molar-refractivity contribution is 5.87. The van der Waals surface area contributed by atoms with Crippen LogP contribution in [0, 0.1) is 12.5 Å². The summed E-state index contributed by atoms with van der Waals surface area (Å²) in [6.07, 6.45) is -1.69. The van der Waals surface area contributed by atoms with Crippen LogP contribution in [0.15, 0.2) is 18.6 Å². The van der Waals surface area contributed by atoms with Crippen molar-refractivity contribution in [3.63, 3.8) is 0 Å². The molecule has 3 heterocycles. The number of likely N-dealkylation sites (tertiary alicyclic amines) is 1. The molecule has 120 valence electrons. The minimum Gasteiger partial charge on any atom is -0.354 e. The number of piperidine rings is 1. The molecule has 1 fully saturated rings. The number of rotatable bonds is 3. The molecular formula is C16H20N6O. The maximum Gasteiger partial charge on any atom is 0.302 e. The molecule has 0 radical (unpaired) electrons. The van der Waals surface area contributed by atoms with Crippen molar-refractivity contribution in [3.05, 3.63) is 30.0 Å². The largest absolute Gasteiger partial charge is 0.354 e. The normalized spacial score (nSPS) is 40.4. The summed E-state index contributed by atoms with van der Waals surface area (Å²) in [6.45, 7) is -8.99. The first-order valence-corrected chi connectivity index (χ1v) is 6.43. The maximum absolute atomic E-state index is 12.8. The van der Waals surface area contributed by atoms with Crippen LogP contribution in [-0.4, -0.2) is 58.3 Å². The molecule has 2 aromatic heterocycles.